The Morgan fingerprint density at radius 3 is 2.60 bits per heavy atom. The number of hydrogen-bond donors (Lipinski definition) is 4. The molecule has 4 fully saturated rings. The quantitative estimate of drug-likeness (QED) is 0.245. The largest absolute Gasteiger partial charge is 0.507 e. The number of esters is 1. The summed E-state index contributed by atoms with van der Waals surface area (Å²) in [7, 11) is 3.78. The second kappa shape index (κ2) is 12.7. The molecular formula is C36H49N3O8. The number of epoxide rings is 1. The van der Waals surface area contributed by atoms with Crippen molar-refractivity contribution < 1.29 is 39.1 Å². The molecular weight excluding hydrogens is 602 g/mol. The summed E-state index contributed by atoms with van der Waals surface area (Å²) in [6.45, 7) is 8.54. The van der Waals surface area contributed by atoms with Gasteiger partial charge in [-0.15, -0.1) is 0 Å². The van der Waals surface area contributed by atoms with Gasteiger partial charge < -0.3 is 44.6 Å². The molecule has 0 aromatic heterocycles. The summed E-state index contributed by atoms with van der Waals surface area (Å²) in [6.07, 6.45) is 8.37. The van der Waals surface area contributed by atoms with E-state index in [0.29, 0.717) is 62.6 Å². The van der Waals surface area contributed by atoms with Crippen molar-refractivity contribution in [3.63, 3.8) is 0 Å². The van der Waals surface area contributed by atoms with Crippen molar-refractivity contribution in [2.24, 2.45) is 22.7 Å². The van der Waals surface area contributed by atoms with Crippen molar-refractivity contribution in [1.82, 2.24) is 10.2 Å². The third kappa shape index (κ3) is 6.01. The van der Waals surface area contributed by atoms with Crippen LogP contribution in [-0.4, -0.2) is 109 Å². The number of aromatic hydroxyl groups is 1. The zero-order valence-electron chi connectivity index (χ0n) is 28.1. The summed E-state index contributed by atoms with van der Waals surface area (Å²) >= 11 is 0. The van der Waals surface area contributed by atoms with Crippen LogP contribution in [-0.2, 0) is 23.8 Å². The van der Waals surface area contributed by atoms with E-state index in [1.807, 2.05) is 49.9 Å². The van der Waals surface area contributed by atoms with E-state index in [0.717, 1.165) is 12.1 Å². The van der Waals surface area contributed by atoms with Crippen LogP contribution < -0.4 is 10.2 Å². The number of carbonyl (C=O) groups excluding carboxylic acids is 2. The predicted molar refractivity (Wildman–Crippen MR) is 176 cm³/mol. The van der Waals surface area contributed by atoms with Gasteiger partial charge in [0.2, 0.25) is 5.91 Å². The van der Waals surface area contributed by atoms with Gasteiger partial charge in [0, 0.05) is 61.9 Å². The maximum absolute atomic E-state index is 13.4. The number of benzene rings is 1. The number of nitrogens with zero attached hydrogens (tertiary/aromatic N) is 2. The molecule has 1 aromatic rings. The molecule has 5 aliphatic rings. The zero-order valence-corrected chi connectivity index (χ0v) is 28.1. The van der Waals surface area contributed by atoms with Crippen LogP contribution in [0.4, 0.5) is 5.69 Å². The van der Waals surface area contributed by atoms with Gasteiger partial charge in [-0.1, -0.05) is 26.0 Å². The van der Waals surface area contributed by atoms with Gasteiger partial charge in [0.1, 0.15) is 17.1 Å². The number of rotatable bonds is 8. The number of hydrogen-bond acceptors (Lipinski definition) is 10. The van der Waals surface area contributed by atoms with Gasteiger partial charge in [-0.3, -0.25) is 4.79 Å². The van der Waals surface area contributed by atoms with Crippen molar-refractivity contribution in [1.29, 1.82) is 0 Å². The Labute approximate surface area is 276 Å². The fourth-order valence-electron chi connectivity index (χ4n) is 8.64. The number of phenols is 1. The highest BCUT2D eigenvalue weighted by atomic mass is 16.6. The van der Waals surface area contributed by atoms with E-state index in [-0.39, 0.29) is 41.6 Å². The molecule has 47 heavy (non-hydrogen) atoms. The molecule has 8 atom stereocenters. The number of cyclic esters (lactones) is 1. The second-order valence-electron chi connectivity index (χ2n) is 14.6. The number of anilines is 1. The predicted octanol–water partition coefficient (Wildman–Crippen LogP) is 2.61. The van der Waals surface area contributed by atoms with Crippen LogP contribution in [0.1, 0.15) is 45.6 Å². The minimum Gasteiger partial charge on any atom is -0.507 e. The molecule has 3 aliphatic heterocycles. The van der Waals surface area contributed by atoms with Crippen LogP contribution in [0.25, 0.3) is 6.08 Å². The first-order valence-electron chi connectivity index (χ1n) is 16.7. The van der Waals surface area contributed by atoms with Gasteiger partial charge in [0.15, 0.2) is 0 Å². The highest BCUT2D eigenvalue weighted by molar-refractivity contribution is 5.96. The summed E-state index contributed by atoms with van der Waals surface area (Å²) in [5.74, 6) is -0.338. The highest BCUT2D eigenvalue weighted by Gasteiger charge is 2.70. The number of nitrogens with one attached hydrogen (secondary N) is 1. The number of amides is 1. The summed E-state index contributed by atoms with van der Waals surface area (Å²) < 4.78 is 17.4. The molecule has 6 rings (SSSR count). The van der Waals surface area contributed by atoms with Crippen molar-refractivity contribution in [2.75, 3.05) is 58.5 Å². The first-order valence-corrected chi connectivity index (χ1v) is 16.7. The molecule has 1 spiro atoms. The lowest BCUT2D eigenvalue weighted by atomic mass is 9.44. The molecule has 0 bridgehead atoms. The Hall–Kier alpha value is -3.22. The van der Waals surface area contributed by atoms with Crippen molar-refractivity contribution in [3.8, 4) is 5.75 Å². The van der Waals surface area contributed by atoms with Gasteiger partial charge in [-0.2, -0.15) is 0 Å². The first-order chi connectivity index (χ1) is 22.3. The number of fused-ring (bicyclic) bond motifs is 1. The Bertz CT molecular complexity index is 1480. The van der Waals surface area contributed by atoms with E-state index in [2.05, 4.69) is 12.2 Å². The topological polar surface area (TPSA) is 144 Å². The van der Waals surface area contributed by atoms with Crippen LogP contribution >= 0.6 is 0 Å². The molecule has 3 heterocycles. The highest BCUT2D eigenvalue weighted by Crippen LogP contribution is 2.65. The van der Waals surface area contributed by atoms with E-state index < -0.39 is 29.1 Å². The lowest BCUT2D eigenvalue weighted by Crippen LogP contribution is -2.67. The molecule has 11 nitrogen and oxygen atoms in total. The number of aliphatic hydroxyl groups is 2. The second-order valence-corrected chi connectivity index (χ2v) is 14.6. The number of allylic oxidation sites excluding steroid dienone is 1. The number of carbonyl (C=O) groups is 2. The van der Waals surface area contributed by atoms with Gasteiger partial charge in [-0.25, -0.2) is 4.79 Å². The summed E-state index contributed by atoms with van der Waals surface area (Å²) in [6, 6.07) is 4.62. The van der Waals surface area contributed by atoms with Crippen LogP contribution in [0.5, 0.6) is 5.75 Å². The molecule has 0 radical (unpaired) electrons. The molecule has 1 amide bonds. The normalized spacial score (nSPS) is 36.7. The van der Waals surface area contributed by atoms with E-state index in [4.69, 9.17) is 14.2 Å². The minimum atomic E-state index is -0.751. The SMILES string of the molecule is CC(NC1CC2[C@](C)(CC[C@@H](O)[C@@]2(C)CO)C(C=CC2=CC(=Cc3ccc(N(C)C)cc3O)OC2=O)C12CO2)C(=O)N1CCOCC1. The molecule has 2 saturated carbocycles. The number of aliphatic hydroxyl groups excluding tert-OH is 2. The van der Waals surface area contributed by atoms with Crippen LogP contribution in [0.15, 0.2) is 47.8 Å². The van der Waals surface area contributed by atoms with E-state index in [1.165, 1.54) is 0 Å². The zero-order chi connectivity index (χ0) is 33.7. The molecule has 11 heteroatoms. The number of ether oxygens (including phenoxy) is 3. The molecule has 2 aliphatic carbocycles. The van der Waals surface area contributed by atoms with Crippen molar-refractivity contribution in [2.45, 2.75) is 63.8 Å². The summed E-state index contributed by atoms with van der Waals surface area (Å²) in [5.41, 5.74) is 0.0409. The van der Waals surface area contributed by atoms with Gasteiger partial charge in [-0.05, 0) is 61.8 Å². The summed E-state index contributed by atoms with van der Waals surface area (Å²) in [4.78, 5) is 30.2. The van der Waals surface area contributed by atoms with Crippen molar-refractivity contribution in [3.05, 3.63) is 53.3 Å². The maximum Gasteiger partial charge on any atom is 0.343 e. The molecule has 2 saturated heterocycles. The third-order valence-corrected chi connectivity index (χ3v) is 11.6. The van der Waals surface area contributed by atoms with E-state index in [9.17, 15) is 24.9 Å². The first kappa shape index (κ1) is 33.7. The molecule has 5 unspecified atom stereocenters. The number of morpholine rings is 1. The summed E-state index contributed by atoms with van der Waals surface area (Å²) in [5, 5.41) is 36.0. The van der Waals surface area contributed by atoms with Gasteiger partial charge in [0.25, 0.3) is 0 Å². The lowest BCUT2D eigenvalue weighted by Gasteiger charge is -2.62. The number of phenolic OH excluding ortho intramolecular Hbond substituents is 1. The average Bonchev–Trinajstić information content (AvgIpc) is 3.77. The smallest absolute Gasteiger partial charge is 0.343 e. The Kier molecular flexibility index (Phi) is 9.08. The maximum atomic E-state index is 13.4. The molecule has 4 N–H and O–H groups in total. The molecule has 1 aromatic carbocycles. The molecule has 256 valence electrons. The Balaban J connectivity index is 1.30. The van der Waals surface area contributed by atoms with E-state index in [1.54, 1.807) is 30.4 Å². The Morgan fingerprint density at radius 2 is 1.96 bits per heavy atom. The van der Waals surface area contributed by atoms with Crippen LogP contribution in [0, 0.1) is 22.7 Å². The lowest BCUT2D eigenvalue weighted by molar-refractivity contribution is -0.174. The van der Waals surface area contributed by atoms with Crippen molar-refractivity contribution >= 4 is 23.6 Å². The van der Waals surface area contributed by atoms with Gasteiger partial charge >= 0.3 is 5.97 Å². The third-order valence-electron chi connectivity index (χ3n) is 11.6. The van der Waals surface area contributed by atoms with Crippen LogP contribution in [0.2, 0.25) is 0 Å². The Morgan fingerprint density at radius 1 is 1.23 bits per heavy atom. The fraction of sp³-hybridized carbons (Fsp3) is 0.611. The van der Waals surface area contributed by atoms with Crippen LogP contribution in [0.3, 0.4) is 0 Å². The average molecular weight is 652 g/mol. The standard InChI is InChI=1S/C36H49N3O8/c1-22(32(43)39-12-14-45-15-13-39)37-30-19-29-34(2,11-10-31(42)35(29,3)20-40)28(36(30)21-46-36)9-7-24-17-26(47-33(24)44)16-23-6-8-25(38(4)5)18-27(23)41/h6-9,16-18,22,28-31,37,40-42H,10-15,19-21H2,1-5H3/t22?,28?,29?,30?,31-,34-,35+,36?/m1/s1. The minimum absolute atomic E-state index is 0.0127. The van der Waals surface area contributed by atoms with Gasteiger partial charge in [0.05, 0.1) is 44.1 Å². The van der Waals surface area contributed by atoms with E-state index >= 15 is 0 Å². The monoisotopic (exact) mass is 651 g/mol. The fourth-order valence-corrected chi connectivity index (χ4v) is 8.64.